The van der Waals surface area contributed by atoms with E-state index < -0.39 is 11.9 Å². The second-order valence-electron chi connectivity index (χ2n) is 3.99. The summed E-state index contributed by atoms with van der Waals surface area (Å²) in [7, 11) is 1.88. The molecule has 9 nitrogen and oxygen atoms in total. The second-order valence-corrected chi connectivity index (χ2v) is 5.38. The first-order valence-corrected chi connectivity index (χ1v) is 7.30. The number of thiol groups is 1. The molecule has 0 aliphatic carbocycles. The minimum Gasteiger partial charge on any atom is -0.492 e. The van der Waals surface area contributed by atoms with E-state index in [9.17, 15) is 5.11 Å². The highest BCUT2D eigenvalue weighted by Gasteiger charge is 2.11. The highest BCUT2D eigenvalue weighted by molar-refractivity contribution is 7.80. The van der Waals surface area contributed by atoms with Crippen LogP contribution in [0.15, 0.2) is 10.2 Å². The Bertz CT molecular complexity index is 638. The zero-order valence-corrected chi connectivity index (χ0v) is 13.0. The van der Waals surface area contributed by atoms with Crippen molar-refractivity contribution in [3.05, 3.63) is 5.69 Å². The van der Waals surface area contributed by atoms with Crippen LogP contribution in [0.1, 0.15) is 5.69 Å². The van der Waals surface area contributed by atoms with Crippen LogP contribution in [0.3, 0.4) is 0 Å². The summed E-state index contributed by atoms with van der Waals surface area (Å²) in [6, 6.07) is -0.518. The Hall–Kier alpha value is -2.01. The van der Waals surface area contributed by atoms with Crippen LogP contribution >= 0.6 is 24.0 Å². The van der Waals surface area contributed by atoms with Crippen LogP contribution < -0.4 is 4.90 Å². The van der Waals surface area contributed by atoms with Crippen molar-refractivity contribution in [1.29, 1.82) is 0 Å². The number of nitrogens with zero attached hydrogens (tertiary/aromatic N) is 7. The van der Waals surface area contributed by atoms with Crippen molar-refractivity contribution in [2.45, 2.75) is 6.92 Å². The number of hydrogen-bond donors (Lipinski definition) is 3. The molecule has 2 aromatic rings. The van der Waals surface area contributed by atoms with Gasteiger partial charge in [-0.25, -0.2) is 0 Å². The Labute approximate surface area is 129 Å². The molecule has 0 radical (unpaired) electrons. The van der Waals surface area contributed by atoms with Crippen LogP contribution in [0.25, 0.3) is 0 Å². The number of hydrogen-bond acceptors (Lipinski definition) is 11. The van der Waals surface area contributed by atoms with Crippen LogP contribution in [0.2, 0.25) is 0 Å². The third-order valence-corrected chi connectivity index (χ3v) is 3.55. The molecule has 2 aromatic heterocycles. The number of azo groups is 1. The van der Waals surface area contributed by atoms with Gasteiger partial charge in [0.1, 0.15) is 0 Å². The monoisotopic (exact) mass is 327 g/mol. The molecule has 21 heavy (non-hydrogen) atoms. The number of aromatic nitrogens is 4. The maximum Gasteiger partial charge on any atom is 0.317 e. The molecule has 11 heteroatoms. The first kappa shape index (κ1) is 15.4. The van der Waals surface area contributed by atoms with Crippen molar-refractivity contribution >= 4 is 39.9 Å². The summed E-state index contributed by atoms with van der Waals surface area (Å²) in [5.74, 6) is 0.255. The van der Waals surface area contributed by atoms with Gasteiger partial charge < -0.3 is 15.1 Å². The molecule has 112 valence electrons. The summed E-state index contributed by atoms with van der Waals surface area (Å²) >= 11 is 5.40. The smallest absolute Gasteiger partial charge is 0.317 e. The minimum absolute atomic E-state index is 0.0771. The third-order valence-electron chi connectivity index (χ3n) is 2.43. The SMILES string of the molecule is Cc1nc(O)nc(O)c1/N=N/c1nnc(N(C)CCS)s1. The van der Waals surface area contributed by atoms with E-state index >= 15 is 0 Å². The Morgan fingerprint density at radius 3 is 2.67 bits per heavy atom. The van der Waals surface area contributed by atoms with E-state index in [1.807, 2.05) is 11.9 Å². The molecule has 2 heterocycles. The summed E-state index contributed by atoms with van der Waals surface area (Å²) in [6.45, 7) is 2.31. The largest absolute Gasteiger partial charge is 0.492 e. The van der Waals surface area contributed by atoms with Gasteiger partial charge in [0.15, 0.2) is 5.69 Å². The molecule has 0 atom stereocenters. The first-order chi connectivity index (χ1) is 10.0. The Morgan fingerprint density at radius 2 is 2.00 bits per heavy atom. The third kappa shape index (κ3) is 3.76. The maximum absolute atomic E-state index is 9.60. The van der Waals surface area contributed by atoms with Crippen molar-refractivity contribution in [2.24, 2.45) is 10.2 Å². The van der Waals surface area contributed by atoms with Crippen molar-refractivity contribution < 1.29 is 10.2 Å². The predicted octanol–water partition coefficient (Wildman–Crippen LogP) is 1.83. The molecule has 0 aromatic carbocycles. The van der Waals surface area contributed by atoms with Gasteiger partial charge in [-0.1, -0.05) is 11.3 Å². The zero-order valence-electron chi connectivity index (χ0n) is 11.3. The lowest BCUT2D eigenvalue weighted by atomic mass is 10.4. The molecule has 0 saturated carbocycles. The van der Waals surface area contributed by atoms with Gasteiger partial charge in [0.2, 0.25) is 11.0 Å². The maximum atomic E-state index is 9.60. The van der Waals surface area contributed by atoms with Crippen LogP contribution in [0.4, 0.5) is 16.0 Å². The molecule has 0 amide bonds. The lowest BCUT2D eigenvalue weighted by Gasteiger charge is -2.11. The van der Waals surface area contributed by atoms with Gasteiger partial charge in [-0.3, -0.25) is 0 Å². The standard InChI is InChI=1S/C10H13N7O2S2/c1-5-6(7(18)12-8(19)11-5)13-14-9-15-16-10(21-9)17(2)3-4-20/h20H,3-4H2,1-2H3,(H2,11,12,18,19)/b14-13+. The average molecular weight is 327 g/mol. The van der Waals surface area contributed by atoms with Crippen molar-refractivity contribution in [2.75, 3.05) is 24.2 Å². The van der Waals surface area contributed by atoms with E-state index in [1.54, 1.807) is 6.92 Å². The number of rotatable bonds is 5. The molecule has 0 bridgehead atoms. The van der Waals surface area contributed by atoms with Gasteiger partial charge in [0.25, 0.3) is 5.13 Å². The Balaban J connectivity index is 2.19. The van der Waals surface area contributed by atoms with Gasteiger partial charge >= 0.3 is 6.01 Å². The highest BCUT2D eigenvalue weighted by atomic mass is 32.1. The molecule has 0 aliphatic rings. The summed E-state index contributed by atoms with van der Waals surface area (Å²) in [5, 5.41) is 35.4. The minimum atomic E-state index is -0.518. The Morgan fingerprint density at radius 1 is 1.24 bits per heavy atom. The van der Waals surface area contributed by atoms with E-state index in [4.69, 9.17) is 5.11 Å². The quantitative estimate of drug-likeness (QED) is 0.566. The number of anilines is 1. The van der Waals surface area contributed by atoms with Crippen molar-refractivity contribution in [1.82, 2.24) is 20.2 Å². The molecule has 2 rings (SSSR count). The van der Waals surface area contributed by atoms with E-state index in [-0.39, 0.29) is 5.69 Å². The fourth-order valence-corrected chi connectivity index (χ4v) is 2.35. The predicted molar refractivity (Wildman–Crippen MR) is 81.3 cm³/mol. The topological polar surface area (TPSA) is 120 Å². The van der Waals surface area contributed by atoms with Gasteiger partial charge in [-0.05, 0) is 6.92 Å². The van der Waals surface area contributed by atoms with E-state index in [2.05, 4.69) is 43.0 Å². The van der Waals surface area contributed by atoms with Crippen LogP contribution in [-0.2, 0) is 0 Å². The summed E-state index contributed by atoms with van der Waals surface area (Å²) in [4.78, 5) is 8.99. The fraction of sp³-hybridized carbons (Fsp3) is 0.400. The van der Waals surface area contributed by atoms with Crippen molar-refractivity contribution in [3.63, 3.8) is 0 Å². The molecule has 0 aliphatic heterocycles. The number of aryl methyl sites for hydroxylation is 1. The summed E-state index contributed by atoms with van der Waals surface area (Å²) in [5.41, 5.74) is 0.383. The highest BCUT2D eigenvalue weighted by Crippen LogP contribution is 2.32. The molecule has 0 saturated heterocycles. The van der Waals surface area contributed by atoms with Crippen LogP contribution in [0.5, 0.6) is 11.9 Å². The lowest BCUT2D eigenvalue weighted by Crippen LogP contribution is -2.19. The molecule has 0 spiro atoms. The van der Waals surface area contributed by atoms with Gasteiger partial charge in [0.05, 0.1) is 5.69 Å². The van der Waals surface area contributed by atoms with E-state index in [0.29, 0.717) is 21.7 Å². The van der Waals surface area contributed by atoms with E-state index in [1.165, 1.54) is 11.3 Å². The van der Waals surface area contributed by atoms with Gasteiger partial charge in [-0.2, -0.15) is 22.6 Å². The molecular weight excluding hydrogens is 314 g/mol. The summed E-state index contributed by atoms with van der Waals surface area (Å²) < 4.78 is 0. The molecule has 0 unspecified atom stereocenters. The first-order valence-electron chi connectivity index (χ1n) is 5.85. The fourth-order valence-electron chi connectivity index (χ4n) is 1.40. The van der Waals surface area contributed by atoms with E-state index in [0.717, 1.165) is 6.54 Å². The van der Waals surface area contributed by atoms with Gasteiger partial charge in [-0.15, -0.1) is 20.4 Å². The second kappa shape index (κ2) is 6.63. The van der Waals surface area contributed by atoms with Crippen LogP contribution in [0, 0.1) is 6.92 Å². The van der Waals surface area contributed by atoms with Crippen molar-refractivity contribution in [3.8, 4) is 11.9 Å². The summed E-state index contributed by atoms with van der Waals surface area (Å²) in [6.07, 6.45) is 0. The van der Waals surface area contributed by atoms with Gasteiger partial charge in [0, 0.05) is 19.3 Å². The molecular formula is C10H13N7O2S2. The Kier molecular flexibility index (Phi) is 4.85. The normalized spacial score (nSPS) is 11.2. The molecule has 0 fully saturated rings. The lowest BCUT2D eigenvalue weighted by molar-refractivity contribution is 0.396. The average Bonchev–Trinajstić information content (AvgIpc) is 2.86. The number of aromatic hydroxyl groups is 2. The van der Waals surface area contributed by atoms with Crippen LogP contribution in [-0.4, -0.2) is 49.7 Å². The molecule has 2 N–H and O–H groups in total. The zero-order chi connectivity index (χ0) is 15.4.